The molecule has 292 valence electrons. The number of nitrogens with one attached hydrogen (secondary N) is 1. The Morgan fingerprint density at radius 3 is 2.42 bits per heavy atom. The molecule has 0 bridgehead atoms. The molecule has 0 saturated carbocycles. The lowest BCUT2D eigenvalue weighted by Gasteiger charge is -2.43. The van der Waals surface area contributed by atoms with E-state index < -0.39 is 11.0 Å². The number of aromatic nitrogens is 5. The molecule has 0 atom stereocenters. The molecule has 0 aliphatic carbocycles. The fourth-order valence-electron chi connectivity index (χ4n) is 6.54. The molecule has 0 spiro atoms. The van der Waals surface area contributed by atoms with Crippen LogP contribution in [0.4, 0.5) is 33.9 Å². The predicted octanol–water partition coefficient (Wildman–Crippen LogP) is 2.36. The topological polar surface area (TPSA) is 174 Å². The van der Waals surface area contributed by atoms with Crippen LogP contribution in [0.25, 0.3) is 0 Å². The number of anilines is 4. The maximum Gasteiger partial charge on any atom is 0.390 e. The zero-order chi connectivity index (χ0) is 38.7. The van der Waals surface area contributed by atoms with Crippen LogP contribution in [0.5, 0.6) is 11.5 Å². The Labute approximate surface area is 338 Å². The van der Waals surface area contributed by atoms with Gasteiger partial charge in [0.25, 0.3) is 0 Å². The van der Waals surface area contributed by atoms with Gasteiger partial charge in [-0.2, -0.15) is 4.98 Å². The molecule has 0 unspecified atom stereocenters. The monoisotopic (exact) mass is 859 g/mol. The Bertz CT molecular complexity index is 2070. The van der Waals surface area contributed by atoms with Crippen LogP contribution in [-0.4, -0.2) is 105 Å². The smallest absolute Gasteiger partial charge is 0.390 e. The van der Waals surface area contributed by atoms with Crippen LogP contribution in [0.3, 0.4) is 0 Å². The van der Waals surface area contributed by atoms with Crippen molar-refractivity contribution in [3.05, 3.63) is 86.6 Å². The number of urea groups is 1. The normalized spacial score (nSPS) is 14.8. The zero-order valence-electron chi connectivity index (χ0n) is 30.8. The molecule has 1 aromatic carbocycles. The number of amides is 3. The highest BCUT2D eigenvalue weighted by atomic mass is 79.9. The molecule has 4 aromatic rings. The molecule has 2 aliphatic rings. The first-order valence-electron chi connectivity index (χ1n) is 17.0. The molecule has 55 heavy (non-hydrogen) atoms. The first-order valence-corrected chi connectivity index (χ1v) is 17.7. The number of aryl methyl sites for hydroxylation is 1. The van der Waals surface area contributed by atoms with E-state index in [1.54, 1.807) is 58.1 Å². The number of nitro groups is 1. The maximum absolute atomic E-state index is 14.6. The quantitative estimate of drug-likeness (QED) is 0.0960. The number of hydrogen-bond donors (Lipinski definition) is 1. The number of nitrogens with zero attached hydrogens (tertiary/aromatic N) is 10. The highest BCUT2D eigenvalue weighted by Crippen LogP contribution is 2.48. The average molecular weight is 862 g/mol. The summed E-state index contributed by atoms with van der Waals surface area (Å²) in [4.78, 5) is 61.3. The van der Waals surface area contributed by atoms with Gasteiger partial charge in [0.15, 0.2) is 5.69 Å². The van der Waals surface area contributed by atoms with E-state index in [1.807, 2.05) is 20.2 Å². The van der Waals surface area contributed by atoms with Gasteiger partial charge in [0.1, 0.15) is 39.7 Å². The number of carbonyl (C=O) groups is 2. The third-order valence-electron chi connectivity index (χ3n) is 9.35. The number of likely N-dealkylation sites (tertiary alicyclic amines) is 1. The van der Waals surface area contributed by atoms with E-state index in [0.717, 1.165) is 0 Å². The van der Waals surface area contributed by atoms with Crippen LogP contribution in [0.2, 0.25) is 10.0 Å². The molecule has 3 aromatic heterocycles. The van der Waals surface area contributed by atoms with Gasteiger partial charge in [-0.3, -0.25) is 14.6 Å². The predicted molar refractivity (Wildman–Crippen MR) is 202 cm³/mol. The second-order valence-corrected chi connectivity index (χ2v) is 14.3. The molecule has 0 radical (unpaired) electrons. The Hall–Kier alpha value is -5.04. The molecule has 5 heterocycles. The lowest BCUT2D eigenvalue weighted by molar-refractivity contribution is -0.898. The number of pyridine rings is 1. The lowest BCUT2D eigenvalue weighted by atomic mass is 10.0. The van der Waals surface area contributed by atoms with Crippen molar-refractivity contribution in [3.63, 3.8) is 0 Å². The molecule has 1 fully saturated rings. The number of benzene rings is 1. The number of imidazole rings is 1. The van der Waals surface area contributed by atoms with Crippen LogP contribution in [0.15, 0.2) is 55.1 Å². The van der Waals surface area contributed by atoms with E-state index in [2.05, 4.69) is 20.3 Å². The van der Waals surface area contributed by atoms with Gasteiger partial charge < -0.3 is 55.8 Å². The Morgan fingerprint density at radius 1 is 1.11 bits per heavy atom. The van der Waals surface area contributed by atoms with Crippen molar-refractivity contribution in [2.24, 2.45) is 7.05 Å². The molecular weight excluding hydrogens is 821 g/mol. The van der Waals surface area contributed by atoms with E-state index in [4.69, 9.17) is 37.7 Å². The van der Waals surface area contributed by atoms with Crippen molar-refractivity contribution in [1.82, 2.24) is 29.4 Å². The molecule has 1 saturated heterocycles. The first kappa shape index (κ1) is 41.1. The standard InChI is InChI=1S/C35H40Cl2N11O6.BrH/c1-43-21-40-33(47(51)52)24(43)20-48(2,3)16-8-10-28(49)44-14-11-23(12-15-44)46-32-22(18-39-34(42-32)41-27-9-6-7-13-38-27)19-45(35(46)50)31-29(36)25(53-4)17-26(54-5)30(31)37;/h6-10,13,17-18,21,23H,11-12,14-16,19-20H2,1-5H3,(H,38,39,41,42);1H/q+1;/p-1/b10-8+;. The van der Waals surface area contributed by atoms with Crippen LogP contribution in [-0.2, 0) is 24.9 Å². The molecule has 1 N–H and O–H groups in total. The first-order chi connectivity index (χ1) is 25.8. The molecule has 20 heteroatoms. The number of fused-ring (bicyclic) bond motifs is 1. The number of hydrogen-bond acceptors (Lipinski definition) is 11. The minimum absolute atomic E-state index is 0. The molecule has 2 aliphatic heterocycles. The number of carbonyl (C=O) groups excluding carboxylic acids is 2. The number of rotatable bonds is 12. The van der Waals surface area contributed by atoms with Crippen molar-refractivity contribution < 1.29 is 45.5 Å². The summed E-state index contributed by atoms with van der Waals surface area (Å²) in [5.41, 5.74) is 1.37. The summed E-state index contributed by atoms with van der Waals surface area (Å²) in [5, 5.41) is 14.8. The summed E-state index contributed by atoms with van der Waals surface area (Å²) in [6.07, 6.45) is 8.95. The number of piperidine rings is 1. The number of methoxy groups -OCH3 is 2. The molecule has 3 amide bonds. The van der Waals surface area contributed by atoms with Crippen LogP contribution < -0.4 is 41.6 Å². The van der Waals surface area contributed by atoms with Gasteiger partial charge in [0, 0.05) is 56.3 Å². The molecule has 17 nitrogen and oxygen atoms in total. The Balaban J connectivity index is 0.00000580. The second-order valence-electron chi connectivity index (χ2n) is 13.5. The molecule has 6 rings (SSSR count). The average Bonchev–Trinajstić information content (AvgIpc) is 3.51. The Kier molecular flexibility index (Phi) is 12.8. The Morgan fingerprint density at radius 2 is 1.80 bits per heavy atom. The van der Waals surface area contributed by atoms with E-state index in [-0.39, 0.29) is 74.5 Å². The van der Waals surface area contributed by atoms with E-state index in [1.165, 1.54) is 31.5 Å². The highest BCUT2D eigenvalue weighted by molar-refractivity contribution is 6.42. The summed E-state index contributed by atoms with van der Waals surface area (Å²) < 4.78 is 13.0. The largest absolute Gasteiger partial charge is 1.00 e. The maximum atomic E-state index is 14.6. The van der Waals surface area contributed by atoms with E-state index >= 15 is 0 Å². The lowest BCUT2D eigenvalue weighted by Crippen LogP contribution is -3.00. The summed E-state index contributed by atoms with van der Waals surface area (Å²) in [5.74, 6) is 1.44. The highest BCUT2D eigenvalue weighted by Gasteiger charge is 2.41. The van der Waals surface area contributed by atoms with Gasteiger partial charge >= 0.3 is 11.8 Å². The number of likely N-dealkylation sites (N-methyl/N-ethyl adjacent to an activating group) is 1. The number of ether oxygens (including phenoxy) is 2. The van der Waals surface area contributed by atoms with Crippen molar-refractivity contribution in [1.29, 1.82) is 0 Å². The summed E-state index contributed by atoms with van der Waals surface area (Å²) >= 11 is 13.6. The number of quaternary nitrogens is 1. The molecular formula is C35H40BrCl2N11O6. The van der Waals surface area contributed by atoms with Crippen molar-refractivity contribution in [2.75, 3.05) is 63.1 Å². The zero-order valence-corrected chi connectivity index (χ0v) is 33.9. The van der Waals surface area contributed by atoms with Gasteiger partial charge in [-0.05, 0) is 41.0 Å². The second kappa shape index (κ2) is 17.2. The SMILES string of the molecule is COc1cc(OC)c(Cl)c(N2Cc3cnc(Nc4ccccn4)nc3N(C3CCN(C(=O)/C=C/C[N+](C)(C)Cc4c([N+](=O)[O-])ncn4C)CC3)C2=O)c1Cl.[Br-]. The summed E-state index contributed by atoms with van der Waals surface area (Å²) in [6, 6.07) is 6.20. The van der Waals surface area contributed by atoms with Gasteiger partial charge in [-0.15, -0.1) is 0 Å². The number of halogens is 3. The minimum atomic E-state index is -0.489. The minimum Gasteiger partial charge on any atom is -1.00 e. The van der Waals surface area contributed by atoms with Crippen LogP contribution in [0, 0.1) is 10.1 Å². The van der Waals surface area contributed by atoms with E-state index in [9.17, 15) is 19.7 Å². The van der Waals surface area contributed by atoms with Crippen molar-refractivity contribution >= 4 is 64.2 Å². The van der Waals surface area contributed by atoms with Gasteiger partial charge in [0.2, 0.25) is 18.2 Å². The van der Waals surface area contributed by atoms with Gasteiger partial charge in [-0.25, -0.2) is 14.8 Å². The van der Waals surface area contributed by atoms with Crippen molar-refractivity contribution in [2.45, 2.75) is 32.0 Å². The third kappa shape index (κ3) is 8.77. The summed E-state index contributed by atoms with van der Waals surface area (Å²) in [7, 11) is 8.50. The van der Waals surface area contributed by atoms with Crippen LogP contribution >= 0.6 is 23.2 Å². The van der Waals surface area contributed by atoms with E-state index in [0.29, 0.717) is 66.4 Å². The fourth-order valence-corrected chi connectivity index (χ4v) is 7.24. The third-order valence-corrected chi connectivity index (χ3v) is 10.1. The van der Waals surface area contributed by atoms with Gasteiger partial charge in [-0.1, -0.05) is 29.3 Å². The van der Waals surface area contributed by atoms with Crippen molar-refractivity contribution in [3.8, 4) is 11.5 Å². The fraction of sp³-hybridized carbons (Fsp3) is 0.371. The summed E-state index contributed by atoms with van der Waals surface area (Å²) in [6.45, 7) is 1.63. The van der Waals surface area contributed by atoms with Crippen LogP contribution in [0.1, 0.15) is 24.1 Å². The van der Waals surface area contributed by atoms with Gasteiger partial charge in [0.05, 0.1) is 47.1 Å².